The molecule has 0 saturated carbocycles. The number of hydrogen-bond acceptors (Lipinski definition) is 4. The van der Waals surface area contributed by atoms with Crippen LogP contribution in [0.3, 0.4) is 0 Å². The van der Waals surface area contributed by atoms with E-state index >= 15 is 0 Å². The summed E-state index contributed by atoms with van der Waals surface area (Å²) in [5, 5.41) is 13.8. The summed E-state index contributed by atoms with van der Waals surface area (Å²) in [6, 6.07) is 36.0. The Morgan fingerprint density at radius 2 is 1.45 bits per heavy atom. The van der Waals surface area contributed by atoms with Crippen LogP contribution in [0.5, 0.6) is 0 Å². The summed E-state index contributed by atoms with van der Waals surface area (Å²) in [5.74, 6) is -0.126. The Balaban J connectivity index is 1.29. The van der Waals surface area contributed by atoms with E-state index in [1.807, 2.05) is 85.8 Å². The zero-order valence-corrected chi connectivity index (χ0v) is 21.6. The summed E-state index contributed by atoms with van der Waals surface area (Å²) in [4.78, 5) is 13.1. The molecule has 0 radical (unpaired) electrons. The lowest BCUT2D eigenvalue weighted by Crippen LogP contribution is -2.21. The van der Waals surface area contributed by atoms with Crippen molar-refractivity contribution >= 4 is 46.4 Å². The van der Waals surface area contributed by atoms with Crippen molar-refractivity contribution in [1.29, 1.82) is 0 Å². The van der Waals surface area contributed by atoms with Gasteiger partial charge >= 0.3 is 0 Å². The maximum Gasteiger partial charge on any atom is 0.280 e. The number of amides is 1. The van der Waals surface area contributed by atoms with Gasteiger partial charge in [0.15, 0.2) is 0 Å². The molecule has 2 aliphatic heterocycles. The van der Waals surface area contributed by atoms with Crippen LogP contribution in [0.15, 0.2) is 125 Å². The average Bonchev–Trinajstić information content (AvgIpc) is 3.52. The van der Waals surface area contributed by atoms with E-state index in [0.29, 0.717) is 16.3 Å². The molecule has 38 heavy (non-hydrogen) atoms. The molecule has 0 aliphatic carbocycles. The second kappa shape index (κ2) is 10.1. The Morgan fingerprint density at radius 1 is 0.789 bits per heavy atom. The normalized spacial score (nSPS) is 18.2. The van der Waals surface area contributed by atoms with Gasteiger partial charge in [0.25, 0.3) is 5.91 Å². The van der Waals surface area contributed by atoms with Crippen molar-refractivity contribution in [2.45, 2.75) is 19.4 Å². The number of hydrogen-bond donors (Lipinski definition) is 0. The molecule has 5 nitrogen and oxygen atoms in total. The summed E-state index contributed by atoms with van der Waals surface area (Å²) in [6.45, 7) is 1.86. The lowest BCUT2D eigenvalue weighted by Gasteiger charge is -2.24. The number of rotatable bonds is 5. The summed E-state index contributed by atoms with van der Waals surface area (Å²) in [6.07, 6.45) is 2.69. The molecule has 6 heteroatoms. The molecule has 0 fully saturated rings. The maximum absolute atomic E-state index is 13.1. The average molecular weight is 517 g/mol. The van der Waals surface area contributed by atoms with Gasteiger partial charge in [0.1, 0.15) is 0 Å². The first-order chi connectivity index (χ1) is 18.6. The van der Waals surface area contributed by atoms with Crippen LogP contribution in [0.25, 0.3) is 6.08 Å². The van der Waals surface area contributed by atoms with Crippen LogP contribution in [-0.2, 0) is 4.79 Å². The number of benzene rings is 4. The predicted octanol–water partition coefficient (Wildman–Crippen LogP) is 7.50. The maximum atomic E-state index is 13.1. The molecular formula is C32H25ClN4O. The van der Waals surface area contributed by atoms with E-state index in [1.54, 1.807) is 0 Å². The summed E-state index contributed by atoms with van der Waals surface area (Å²) in [7, 11) is 0. The minimum absolute atomic E-state index is 0.0799. The van der Waals surface area contributed by atoms with E-state index in [4.69, 9.17) is 16.7 Å². The molecule has 0 aromatic heterocycles. The molecule has 0 N–H and O–H groups in total. The van der Waals surface area contributed by atoms with Crippen molar-refractivity contribution in [2.75, 3.05) is 10.0 Å². The van der Waals surface area contributed by atoms with Crippen LogP contribution >= 0.6 is 11.6 Å². The predicted molar refractivity (Wildman–Crippen MR) is 156 cm³/mol. The fraction of sp³-hybridized carbons (Fsp3) is 0.0938. The van der Waals surface area contributed by atoms with Crippen LogP contribution in [0.2, 0.25) is 5.02 Å². The van der Waals surface area contributed by atoms with E-state index in [1.165, 1.54) is 10.6 Å². The lowest BCUT2D eigenvalue weighted by atomic mass is 9.98. The molecule has 0 spiro atoms. The van der Waals surface area contributed by atoms with E-state index in [-0.39, 0.29) is 11.9 Å². The molecule has 2 aliphatic rings. The SMILES string of the molecule is CC1=NN(c2ccccc2)C(=O)/C1=C\c1ccc(N2N=C(c3ccc(Cl)cc3)C[C@@H]2c2ccccc2)cc1. The van der Waals surface area contributed by atoms with Crippen LogP contribution in [-0.4, -0.2) is 17.3 Å². The third-order valence-electron chi connectivity index (χ3n) is 6.80. The van der Waals surface area contributed by atoms with Crippen LogP contribution in [0, 0.1) is 0 Å². The Morgan fingerprint density at radius 3 is 2.13 bits per heavy atom. The van der Waals surface area contributed by atoms with Gasteiger partial charge in [-0.1, -0.05) is 84.4 Å². The molecule has 6 rings (SSSR count). The summed E-state index contributed by atoms with van der Waals surface area (Å²) >= 11 is 6.11. The number of carbonyl (C=O) groups is 1. The third-order valence-corrected chi connectivity index (χ3v) is 7.06. The molecule has 2 heterocycles. The number of nitrogens with zero attached hydrogens (tertiary/aromatic N) is 4. The fourth-order valence-electron chi connectivity index (χ4n) is 4.82. The van der Waals surface area contributed by atoms with Gasteiger partial charge < -0.3 is 0 Å². The van der Waals surface area contributed by atoms with Gasteiger partial charge in [-0.25, -0.2) is 0 Å². The van der Waals surface area contributed by atoms with Crippen molar-refractivity contribution in [2.24, 2.45) is 10.2 Å². The van der Waals surface area contributed by atoms with Gasteiger partial charge in [0, 0.05) is 11.4 Å². The Bertz CT molecular complexity index is 1560. The first kappa shape index (κ1) is 23.9. The van der Waals surface area contributed by atoms with Gasteiger partial charge in [-0.15, -0.1) is 0 Å². The van der Waals surface area contributed by atoms with Gasteiger partial charge in [0.05, 0.1) is 34.4 Å². The molecule has 0 bridgehead atoms. The van der Waals surface area contributed by atoms with Crippen LogP contribution < -0.4 is 10.0 Å². The molecule has 186 valence electrons. The van der Waals surface area contributed by atoms with Crippen LogP contribution in [0.4, 0.5) is 11.4 Å². The van der Waals surface area contributed by atoms with Crippen LogP contribution in [0.1, 0.15) is 36.1 Å². The Labute approximate surface area is 227 Å². The standard InChI is InChI=1S/C32H25ClN4O/c1-22-29(32(38)37(34-22)27-10-6-3-7-11-27)20-23-12-18-28(19-13-23)36-31(25-8-4-2-5-9-25)21-30(35-36)24-14-16-26(33)17-15-24/h2-20,31H,21H2,1H3/b29-20-/t31-/m1/s1. The number of para-hydroxylation sites is 1. The number of anilines is 2. The molecule has 0 saturated heterocycles. The topological polar surface area (TPSA) is 48.3 Å². The second-order valence-corrected chi connectivity index (χ2v) is 9.75. The molecule has 1 atom stereocenters. The van der Waals surface area contributed by atoms with Gasteiger partial charge in [-0.05, 0) is 66.1 Å². The minimum Gasteiger partial charge on any atom is -0.267 e. The monoisotopic (exact) mass is 516 g/mol. The zero-order chi connectivity index (χ0) is 26.1. The highest BCUT2D eigenvalue weighted by molar-refractivity contribution is 6.32. The molecule has 0 unspecified atom stereocenters. The molecule has 4 aromatic rings. The van der Waals surface area contributed by atoms with Crippen molar-refractivity contribution in [3.63, 3.8) is 0 Å². The summed E-state index contributed by atoms with van der Waals surface area (Å²) in [5.41, 5.74) is 7.25. The molecular weight excluding hydrogens is 492 g/mol. The van der Waals surface area contributed by atoms with Crippen molar-refractivity contribution < 1.29 is 4.79 Å². The van der Waals surface area contributed by atoms with Crippen molar-refractivity contribution in [1.82, 2.24) is 0 Å². The number of carbonyl (C=O) groups excluding carboxylic acids is 1. The first-order valence-electron chi connectivity index (χ1n) is 12.5. The van der Waals surface area contributed by atoms with E-state index < -0.39 is 0 Å². The third kappa shape index (κ3) is 4.64. The largest absolute Gasteiger partial charge is 0.280 e. The Hall–Kier alpha value is -4.48. The van der Waals surface area contributed by atoms with Crippen molar-refractivity contribution in [3.8, 4) is 0 Å². The van der Waals surface area contributed by atoms with E-state index in [0.717, 1.165) is 34.6 Å². The minimum atomic E-state index is -0.126. The van der Waals surface area contributed by atoms with E-state index in [9.17, 15) is 4.79 Å². The highest BCUT2D eigenvalue weighted by atomic mass is 35.5. The second-order valence-electron chi connectivity index (χ2n) is 9.32. The molecule has 4 aromatic carbocycles. The lowest BCUT2D eigenvalue weighted by molar-refractivity contribution is -0.114. The highest BCUT2D eigenvalue weighted by Crippen LogP contribution is 2.37. The van der Waals surface area contributed by atoms with E-state index in [2.05, 4.69) is 46.5 Å². The van der Waals surface area contributed by atoms with Gasteiger partial charge in [0.2, 0.25) is 0 Å². The quantitative estimate of drug-likeness (QED) is 0.258. The smallest absolute Gasteiger partial charge is 0.267 e. The van der Waals surface area contributed by atoms with Crippen molar-refractivity contribution in [3.05, 3.63) is 136 Å². The number of halogens is 1. The number of hydrazone groups is 2. The van der Waals surface area contributed by atoms with Gasteiger partial charge in [-0.2, -0.15) is 15.2 Å². The zero-order valence-electron chi connectivity index (χ0n) is 20.8. The fourth-order valence-corrected chi connectivity index (χ4v) is 4.94. The highest BCUT2D eigenvalue weighted by Gasteiger charge is 2.30. The summed E-state index contributed by atoms with van der Waals surface area (Å²) < 4.78 is 0. The first-order valence-corrected chi connectivity index (χ1v) is 12.9. The Kier molecular flexibility index (Phi) is 6.36. The molecule has 1 amide bonds. The van der Waals surface area contributed by atoms with Gasteiger partial charge in [-0.3, -0.25) is 9.80 Å².